The van der Waals surface area contributed by atoms with Crippen LogP contribution < -0.4 is 0 Å². The third-order valence-corrected chi connectivity index (χ3v) is 3.55. The molecule has 0 spiro atoms. The summed E-state index contributed by atoms with van der Waals surface area (Å²) < 4.78 is 1.29. The molecule has 0 fully saturated rings. The van der Waals surface area contributed by atoms with Crippen molar-refractivity contribution in [2.24, 2.45) is 0 Å². The fourth-order valence-corrected chi connectivity index (χ4v) is 2.13. The molecule has 0 heterocycles. The molecule has 0 N–H and O–H groups in total. The van der Waals surface area contributed by atoms with Crippen molar-refractivity contribution in [1.29, 1.82) is 0 Å². The molecule has 1 rings (SSSR count). The molecule has 0 radical (unpaired) electrons. The summed E-state index contributed by atoms with van der Waals surface area (Å²) in [4.78, 5) is 0. The van der Waals surface area contributed by atoms with Crippen molar-refractivity contribution in [3.05, 3.63) is 40.0 Å². The van der Waals surface area contributed by atoms with Gasteiger partial charge in [-0.3, -0.25) is 0 Å². The zero-order valence-corrected chi connectivity index (χ0v) is 12.3. The summed E-state index contributed by atoms with van der Waals surface area (Å²) in [6.45, 7) is 6.42. The SMILES string of the molecule is C=C(CCCCCCC)c1ccc(I)cc1. The van der Waals surface area contributed by atoms with Gasteiger partial charge < -0.3 is 0 Å². The van der Waals surface area contributed by atoms with Gasteiger partial charge in [-0.15, -0.1) is 0 Å². The summed E-state index contributed by atoms with van der Waals surface area (Å²) in [6, 6.07) is 8.66. The van der Waals surface area contributed by atoms with Crippen LogP contribution in [-0.4, -0.2) is 0 Å². The van der Waals surface area contributed by atoms with Gasteiger partial charge in [0.15, 0.2) is 0 Å². The number of hydrogen-bond donors (Lipinski definition) is 0. The second-order valence-corrected chi connectivity index (χ2v) is 5.52. The molecule has 0 nitrogen and oxygen atoms in total. The van der Waals surface area contributed by atoms with Crippen molar-refractivity contribution >= 4 is 28.2 Å². The summed E-state index contributed by atoms with van der Waals surface area (Å²) in [5.41, 5.74) is 2.59. The van der Waals surface area contributed by atoms with Gasteiger partial charge in [0.25, 0.3) is 0 Å². The number of hydrogen-bond acceptors (Lipinski definition) is 0. The molecule has 0 aliphatic rings. The van der Waals surface area contributed by atoms with Crippen LogP contribution >= 0.6 is 22.6 Å². The van der Waals surface area contributed by atoms with Gasteiger partial charge in [0.2, 0.25) is 0 Å². The Balaban J connectivity index is 2.27. The molecule has 0 saturated carbocycles. The molecule has 0 atom stereocenters. The van der Waals surface area contributed by atoms with Gasteiger partial charge in [0.1, 0.15) is 0 Å². The van der Waals surface area contributed by atoms with Crippen LogP contribution in [0.3, 0.4) is 0 Å². The van der Waals surface area contributed by atoms with Crippen molar-refractivity contribution < 1.29 is 0 Å². The van der Waals surface area contributed by atoms with Gasteiger partial charge in [-0.1, -0.05) is 51.3 Å². The highest BCUT2D eigenvalue weighted by molar-refractivity contribution is 14.1. The van der Waals surface area contributed by atoms with E-state index in [9.17, 15) is 0 Å². The maximum absolute atomic E-state index is 4.17. The van der Waals surface area contributed by atoms with Gasteiger partial charge >= 0.3 is 0 Å². The van der Waals surface area contributed by atoms with E-state index in [1.807, 2.05) is 0 Å². The highest BCUT2D eigenvalue weighted by Gasteiger charge is 1.98. The first kappa shape index (κ1) is 13.8. The Morgan fingerprint density at radius 3 is 2.31 bits per heavy atom. The van der Waals surface area contributed by atoms with Crippen LogP contribution in [0.25, 0.3) is 5.57 Å². The van der Waals surface area contributed by atoms with E-state index in [1.54, 1.807) is 0 Å². The Kier molecular flexibility index (Phi) is 6.78. The monoisotopic (exact) mass is 328 g/mol. The van der Waals surface area contributed by atoms with Crippen molar-refractivity contribution in [2.75, 3.05) is 0 Å². The first-order chi connectivity index (χ1) is 7.74. The second-order valence-electron chi connectivity index (χ2n) is 4.27. The van der Waals surface area contributed by atoms with Crippen molar-refractivity contribution in [2.45, 2.75) is 45.4 Å². The molecule has 0 aromatic heterocycles. The first-order valence-corrected chi connectivity index (χ1v) is 7.25. The lowest BCUT2D eigenvalue weighted by Gasteiger charge is -2.06. The van der Waals surface area contributed by atoms with Gasteiger partial charge in [-0.25, -0.2) is 0 Å². The summed E-state index contributed by atoms with van der Waals surface area (Å²) in [6.07, 6.45) is 7.83. The molecule has 0 saturated heterocycles. The molecule has 0 bridgehead atoms. The minimum atomic E-state index is 1.14. The van der Waals surface area contributed by atoms with Crippen LogP contribution in [0.4, 0.5) is 0 Å². The van der Waals surface area contributed by atoms with E-state index in [0.717, 1.165) is 6.42 Å². The molecule has 1 aromatic rings. The van der Waals surface area contributed by atoms with Crippen LogP contribution in [0.15, 0.2) is 30.8 Å². The summed E-state index contributed by atoms with van der Waals surface area (Å²) >= 11 is 2.33. The molecular formula is C15H21I. The average molecular weight is 328 g/mol. The van der Waals surface area contributed by atoms with E-state index < -0.39 is 0 Å². The van der Waals surface area contributed by atoms with Gasteiger partial charge in [-0.2, -0.15) is 0 Å². The van der Waals surface area contributed by atoms with E-state index in [1.165, 1.54) is 46.8 Å². The fourth-order valence-electron chi connectivity index (χ4n) is 1.77. The van der Waals surface area contributed by atoms with Crippen LogP contribution in [0, 0.1) is 3.57 Å². The normalized spacial score (nSPS) is 10.4. The highest BCUT2D eigenvalue weighted by Crippen LogP contribution is 2.20. The Labute approximate surface area is 113 Å². The Morgan fingerprint density at radius 2 is 1.69 bits per heavy atom. The maximum atomic E-state index is 4.17. The second kappa shape index (κ2) is 7.88. The van der Waals surface area contributed by atoms with E-state index in [-0.39, 0.29) is 0 Å². The zero-order valence-electron chi connectivity index (χ0n) is 10.1. The molecule has 0 aliphatic carbocycles. The molecule has 16 heavy (non-hydrogen) atoms. The third-order valence-electron chi connectivity index (χ3n) is 2.83. The predicted octanol–water partition coefficient (Wildman–Crippen LogP) is 5.66. The number of rotatable bonds is 7. The minimum absolute atomic E-state index is 1.14. The molecule has 0 unspecified atom stereocenters. The molecule has 1 heteroatoms. The van der Waals surface area contributed by atoms with Crippen LogP contribution in [0.2, 0.25) is 0 Å². The Morgan fingerprint density at radius 1 is 1.06 bits per heavy atom. The Bertz CT molecular complexity index is 311. The lowest BCUT2D eigenvalue weighted by atomic mass is 10.0. The number of halogens is 1. The number of allylic oxidation sites excluding steroid dienone is 1. The molecule has 88 valence electrons. The molecule has 0 amide bonds. The van der Waals surface area contributed by atoms with Crippen molar-refractivity contribution in [3.8, 4) is 0 Å². The van der Waals surface area contributed by atoms with E-state index in [4.69, 9.17) is 0 Å². The van der Waals surface area contributed by atoms with E-state index >= 15 is 0 Å². The fraction of sp³-hybridized carbons (Fsp3) is 0.467. The topological polar surface area (TPSA) is 0 Å². The number of benzene rings is 1. The van der Waals surface area contributed by atoms with Crippen molar-refractivity contribution in [1.82, 2.24) is 0 Å². The lowest BCUT2D eigenvalue weighted by molar-refractivity contribution is 0.640. The Hall–Kier alpha value is -0.310. The summed E-state index contributed by atoms with van der Waals surface area (Å²) in [5.74, 6) is 0. The minimum Gasteiger partial charge on any atom is -0.0952 e. The predicted molar refractivity (Wildman–Crippen MR) is 81.6 cm³/mol. The maximum Gasteiger partial charge on any atom is 0.0130 e. The van der Waals surface area contributed by atoms with Crippen molar-refractivity contribution in [3.63, 3.8) is 0 Å². The first-order valence-electron chi connectivity index (χ1n) is 6.17. The summed E-state index contributed by atoms with van der Waals surface area (Å²) in [5, 5.41) is 0. The standard InChI is InChI=1S/C15H21I/c1-3-4-5-6-7-8-13(2)14-9-11-15(16)12-10-14/h9-12H,2-8H2,1H3. The highest BCUT2D eigenvalue weighted by atomic mass is 127. The quantitative estimate of drug-likeness (QED) is 0.447. The van der Waals surface area contributed by atoms with E-state index in [0.29, 0.717) is 0 Å². The lowest BCUT2D eigenvalue weighted by Crippen LogP contribution is -1.85. The van der Waals surface area contributed by atoms with Crippen LogP contribution in [0.1, 0.15) is 51.0 Å². The van der Waals surface area contributed by atoms with Gasteiger partial charge in [0.05, 0.1) is 0 Å². The number of unbranched alkanes of at least 4 members (excludes halogenated alkanes) is 4. The average Bonchev–Trinajstić information content (AvgIpc) is 2.29. The van der Waals surface area contributed by atoms with Crippen LogP contribution in [-0.2, 0) is 0 Å². The van der Waals surface area contributed by atoms with Gasteiger partial charge in [-0.05, 0) is 58.7 Å². The molecule has 1 aromatic carbocycles. The smallest absolute Gasteiger partial charge is 0.0130 e. The van der Waals surface area contributed by atoms with Crippen LogP contribution in [0.5, 0.6) is 0 Å². The third kappa shape index (κ3) is 5.15. The van der Waals surface area contributed by atoms with E-state index in [2.05, 4.69) is 60.4 Å². The molecule has 0 aliphatic heterocycles. The zero-order chi connectivity index (χ0) is 11.8. The van der Waals surface area contributed by atoms with Gasteiger partial charge in [0, 0.05) is 3.57 Å². The largest absolute Gasteiger partial charge is 0.0952 e. The molecular weight excluding hydrogens is 307 g/mol. The summed E-state index contributed by atoms with van der Waals surface area (Å²) in [7, 11) is 0.